The Balaban J connectivity index is 2.60. The number of nitrogens with one attached hydrogen (secondary N) is 1. The van der Waals surface area contributed by atoms with Gasteiger partial charge in [0.05, 0.1) is 5.75 Å². The summed E-state index contributed by atoms with van der Waals surface area (Å²) in [5.41, 5.74) is 1.23. The third kappa shape index (κ3) is 7.31. The molecule has 0 aliphatic carbocycles. The number of hydrogen-bond acceptors (Lipinski definition) is 4. The molecule has 0 saturated carbocycles. The summed E-state index contributed by atoms with van der Waals surface area (Å²) in [5, 5.41) is 2.64. The van der Waals surface area contributed by atoms with E-state index in [4.69, 9.17) is 4.74 Å². The lowest BCUT2D eigenvalue weighted by Gasteiger charge is -2.24. The molecule has 0 saturated heterocycles. The third-order valence-electron chi connectivity index (χ3n) is 3.24. The van der Waals surface area contributed by atoms with Crippen LogP contribution in [0.15, 0.2) is 24.3 Å². The van der Waals surface area contributed by atoms with E-state index < -0.39 is 21.7 Å². The second kappa shape index (κ2) is 7.98. The Morgan fingerprint density at radius 2 is 1.79 bits per heavy atom. The molecule has 0 unspecified atom stereocenters. The molecule has 1 N–H and O–H groups in total. The molecule has 0 aliphatic rings. The van der Waals surface area contributed by atoms with Gasteiger partial charge in [0.15, 0.2) is 0 Å². The summed E-state index contributed by atoms with van der Waals surface area (Å²) in [6.07, 6.45) is -0.556. The van der Waals surface area contributed by atoms with Crippen LogP contribution in [0.4, 0.5) is 4.79 Å². The number of likely N-dealkylation sites (N-methyl/N-ethyl adjacent to an activating group) is 1. The lowest BCUT2D eigenvalue weighted by atomic mass is 10.2. The lowest BCUT2D eigenvalue weighted by Crippen LogP contribution is -2.44. The van der Waals surface area contributed by atoms with Gasteiger partial charge in [-0.1, -0.05) is 29.8 Å². The number of nitrogens with zero attached hydrogens (tertiary/aromatic N) is 1. The Kier molecular flexibility index (Phi) is 6.80. The molecule has 0 heterocycles. The molecular weight excluding hydrogens is 328 g/mol. The first-order chi connectivity index (χ1) is 10.9. The predicted octanol–water partition coefficient (Wildman–Crippen LogP) is 2.67. The normalized spacial score (nSPS) is 13.6. The van der Waals surface area contributed by atoms with Crippen molar-refractivity contribution in [2.24, 2.45) is 0 Å². The first-order valence-electron chi connectivity index (χ1n) is 7.88. The van der Waals surface area contributed by atoms with Crippen LogP contribution in [0, 0.1) is 6.92 Å². The fraction of sp³-hybridized carbons (Fsp3) is 0.588. The molecule has 1 amide bonds. The highest BCUT2D eigenvalue weighted by atomic mass is 32.2. The van der Waals surface area contributed by atoms with Crippen molar-refractivity contribution in [2.75, 3.05) is 13.6 Å². The first kappa shape index (κ1) is 20.4. The molecule has 6 nitrogen and oxygen atoms in total. The second-order valence-electron chi connectivity index (χ2n) is 7.07. The quantitative estimate of drug-likeness (QED) is 0.850. The van der Waals surface area contributed by atoms with Crippen LogP contribution in [0.5, 0.6) is 0 Å². The van der Waals surface area contributed by atoms with Gasteiger partial charge < -0.3 is 10.1 Å². The van der Waals surface area contributed by atoms with Crippen molar-refractivity contribution >= 4 is 16.1 Å². The molecule has 1 atom stereocenters. The molecule has 0 radical (unpaired) electrons. The second-order valence-corrected chi connectivity index (χ2v) is 9.15. The van der Waals surface area contributed by atoms with E-state index in [0.717, 1.165) is 11.1 Å². The van der Waals surface area contributed by atoms with Crippen molar-refractivity contribution < 1.29 is 17.9 Å². The number of alkyl carbamates (subject to hydrolysis) is 1. The van der Waals surface area contributed by atoms with Gasteiger partial charge in [0, 0.05) is 19.6 Å². The lowest BCUT2D eigenvalue weighted by molar-refractivity contribution is 0.0504. The summed E-state index contributed by atoms with van der Waals surface area (Å²) in [7, 11) is -1.94. The number of benzene rings is 1. The first-order valence-corrected chi connectivity index (χ1v) is 9.49. The summed E-state index contributed by atoms with van der Waals surface area (Å²) < 4.78 is 31.3. The van der Waals surface area contributed by atoms with Crippen LogP contribution in [-0.4, -0.2) is 44.1 Å². The average molecular weight is 356 g/mol. The topological polar surface area (TPSA) is 75.7 Å². The predicted molar refractivity (Wildman–Crippen MR) is 95.3 cm³/mol. The maximum Gasteiger partial charge on any atom is 0.407 e. The number of amides is 1. The molecule has 7 heteroatoms. The molecule has 1 aromatic carbocycles. The van der Waals surface area contributed by atoms with Gasteiger partial charge in [-0.2, -0.15) is 0 Å². The van der Waals surface area contributed by atoms with E-state index in [1.54, 1.807) is 27.7 Å². The fourth-order valence-electron chi connectivity index (χ4n) is 2.06. The number of ether oxygens (including phenoxy) is 1. The van der Waals surface area contributed by atoms with E-state index in [1.165, 1.54) is 11.4 Å². The van der Waals surface area contributed by atoms with Crippen molar-refractivity contribution in [3.8, 4) is 0 Å². The largest absolute Gasteiger partial charge is 0.444 e. The van der Waals surface area contributed by atoms with Crippen LogP contribution in [0.3, 0.4) is 0 Å². The maximum atomic E-state index is 12.4. The van der Waals surface area contributed by atoms with Crippen LogP contribution < -0.4 is 5.32 Å². The Morgan fingerprint density at radius 3 is 2.29 bits per heavy atom. The van der Waals surface area contributed by atoms with Gasteiger partial charge in [-0.15, -0.1) is 0 Å². The smallest absolute Gasteiger partial charge is 0.407 e. The van der Waals surface area contributed by atoms with Crippen LogP contribution >= 0.6 is 0 Å². The average Bonchev–Trinajstić information content (AvgIpc) is 2.38. The van der Waals surface area contributed by atoms with Gasteiger partial charge in [0.25, 0.3) is 0 Å². The van der Waals surface area contributed by atoms with E-state index in [0.29, 0.717) is 0 Å². The molecule has 0 aromatic heterocycles. The van der Waals surface area contributed by atoms with E-state index in [-0.39, 0.29) is 18.3 Å². The Labute approximate surface area is 145 Å². The molecular formula is C17H28N2O4S. The van der Waals surface area contributed by atoms with E-state index >= 15 is 0 Å². The highest BCUT2D eigenvalue weighted by molar-refractivity contribution is 7.88. The molecule has 0 fully saturated rings. The fourth-order valence-corrected chi connectivity index (χ4v) is 3.34. The Bertz CT molecular complexity index is 648. The van der Waals surface area contributed by atoms with Crippen LogP contribution in [-0.2, 0) is 20.5 Å². The highest BCUT2D eigenvalue weighted by Gasteiger charge is 2.23. The third-order valence-corrected chi connectivity index (χ3v) is 5.04. The van der Waals surface area contributed by atoms with Gasteiger partial charge >= 0.3 is 6.09 Å². The zero-order valence-electron chi connectivity index (χ0n) is 15.3. The molecule has 1 rings (SSSR count). The summed E-state index contributed by atoms with van der Waals surface area (Å²) in [6, 6.07) is 7.03. The monoisotopic (exact) mass is 356 g/mol. The molecule has 0 spiro atoms. The summed E-state index contributed by atoms with van der Waals surface area (Å²) in [4.78, 5) is 11.7. The highest BCUT2D eigenvalue weighted by Crippen LogP contribution is 2.11. The number of hydrogen-bond donors (Lipinski definition) is 1. The molecule has 0 bridgehead atoms. The van der Waals surface area contributed by atoms with Crippen molar-refractivity contribution in [1.29, 1.82) is 0 Å². The number of carbonyl (C=O) groups is 1. The summed E-state index contributed by atoms with van der Waals surface area (Å²) in [6.45, 7) is 9.18. The van der Waals surface area contributed by atoms with Crippen molar-refractivity contribution in [3.05, 3.63) is 35.4 Å². The number of sulfonamides is 1. The van der Waals surface area contributed by atoms with Gasteiger partial charge in [-0.05, 0) is 40.2 Å². The molecule has 24 heavy (non-hydrogen) atoms. The molecule has 136 valence electrons. The number of aryl methyl sites for hydroxylation is 1. The van der Waals surface area contributed by atoms with Gasteiger partial charge in [-0.25, -0.2) is 17.5 Å². The van der Waals surface area contributed by atoms with Gasteiger partial charge in [-0.3, -0.25) is 0 Å². The summed E-state index contributed by atoms with van der Waals surface area (Å²) >= 11 is 0. The Morgan fingerprint density at radius 1 is 1.25 bits per heavy atom. The summed E-state index contributed by atoms with van der Waals surface area (Å²) in [5.74, 6) is -0.0665. The molecule has 0 aliphatic heterocycles. The van der Waals surface area contributed by atoms with Crippen LogP contribution in [0.25, 0.3) is 0 Å². The zero-order valence-corrected chi connectivity index (χ0v) is 16.1. The van der Waals surface area contributed by atoms with E-state index in [1.807, 2.05) is 31.2 Å². The minimum atomic E-state index is -3.45. The van der Waals surface area contributed by atoms with Crippen LogP contribution in [0.2, 0.25) is 0 Å². The van der Waals surface area contributed by atoms with Crippen molar-refractivity contribution in [1.82, 2.24) is 9.62 Å². The maximum absolute atomic E-state index is 12.4. The number of rotatable bonds is 6. The zero-order chi connectivity index (χ0) is 18.5. The minimum absolute atomic E-state index is 0.0665. The van der Waals surface area contributed by atoms with Crippen molar-refractivity contribution in [2.45, 2.75) is 52.0 Å². The number of carbonyl (C=O) groups excluding carboxylic acids is 1. The Hall–Kier alpha value is -1.60. The minimum Gasteiger partial charge on any atom is -0.444 e. The SMILES string of the molecule is Cc1ccc(CS(=O)(=O)N(C)C[C@@H](C)NC(=O)OC(C)(C)C)cc1. The van der Waals surface area contributed by atoms with Crippen LogP contribution in [0.1, 0.15) is 38.8 Å². The van der Waals surface area contributed by atoms with Crippen molar-refractivity contribution in [3.63, 3.8) is 0 Å². The van der Waals surface area contributed by atoms with Gasteiger partial charge in [0.2, 0.25) is 10.0 Å². The van der Waals surface area contributed by atoms with E-state index in [2.05, 4.69) is 5.32 Å². The van der Waals surface area contributed by atoms with Gasteiger partial charge in [0.1, 0.15) is 5.60 Å². The molecule has 1 aromatic rings. The standard InChI is InChI=1S/C17H28N2O4S/c1-13-7-9-15(10-8-13)12-24(21,22)19(6)11-14(2)18-16(20)23-17(3,4)5/h7-10,14H,11-12H2,1-6H3,(H,18,20)/t14-/m1/s1. The van der Waals surface area contributed by atoms with E-state index in [9.17, 15) is 13.2 Å².